The third-order valence-corrected chi connectivity index (χ3v) is 3.28. The first-order chi connectivity index (χ1) is 10.8. The minimum atomic E-state index is 0. The molecule has 4 nitrogen and oxygen atoms in total. The van der Waals surface area contributed by atoms with Crippen molar-refractivity contribution in [3.63, 3.8) is 0 Å². The fraction of sp³-hybridized carbons (Fsp3) is 0.278. The largest absolute Gasteiger partial charge is 0.489 e. The smallest absolute Gasteiger partial charge is 0.221 e. The van der Waals surface area contributed by atoms with Gasteiger partial charge in [-0.25, -0.2) is 0 Å². The molecule has 1 amide bonds. The number of halogens is 1. The van der Waals surface area contributed by atoms with Crippen LogP contribution in [0.15, 0.2) is 54.6 Å². The number of amides is 1. The number of nitrogens with two attached hydrogens (primary N) is 1. The Morgan fingerprint density at radius 3 is 2.35 bits per heavy atom. The van der Waals surface area contributed by atoms with Crippen molar-refractivity contribution >= 4 is 18.3 Å². The molecule has 124 valence electrons. The van der Waals surface area contributed by atoms with Crippen molar-refractivity contribution < 1.29 is 9.53 Å². The van der Waals surface area contributed by atoms with Crippen LogP contribution in [0.1, 0.15) is 17.5 Å². The minimum absolute atomic E-state index is 0. The lowest BCUT2D eigenvalue weighted by Crippen LogP contribution is -2.27. The minimum Gasteiger partial charge on any atom is -0.489 e. The lowest BCUT2D eigenvalue weighted by atomic mass is 10.1. The number of nitrogens with one attached hydrogen (secondary N) is 1. The fourth-order valence-electron chi connectivity index (χ4n) is 2.06. The molecular formula is C18H23ClN2O2. The average Bonchev–Trinajstić information content (AvgIpc) is 2.55. The molecule has 0 spiro atoms. The lowest BCUT2D eigenvalue weighted by Gasteiger charge is -2.08. The van der Waals surface area contributed by atoms with Gasteiger partial charge in [0, 0.05) is 19.5 Å². The van der Waals surface area contributed by atoms with E-state index in [-0.39, 0.29) is 18.3 Å². The summed E-state index contributed by atoms with van der Waals surface area (Å²) in [5, 5.41) is 2.84. The normalized spacial score (nSPS) is 9.78. The van der Waals surface area contributed by atoms with Gasteiger partial charge in [-0.3, -0.25) is 4.79 Å². The molecular weight excluding hydrogens is 312 g/mol. The van der Waals surface area contributed by atoms with Crippen molar-refractivity contribution in [2.75, 3.05) is 13.1 Å². The Kier molecular flexibility index (Phi) is 8.80. The van der Waals surface area contributed by atoms with Crippen molar-refractivity contribution in [1.82, 2.24) is 5.32 Å². The number of carbonyl (C=O) groups is 1. The van der Waals surface area contributed by atoms with Crippen molar-refractivity contribution in [3.8, 4) is 5.75 Å². The molecule has 0 aliphatic rings. The van der Waals surface area contributed by atoms with Gasteiger partial charge < -0.3 is 15.8 Å². The van der Waals surface area contributed by atoms with E-state index in [0.717, 1.165) is 17.7 Å². The Morgan fingerprint density at radius 1 is 1.00 bits per heavy atom. The van der Waals surface area contributed by atoms with Gasteiger partial charge in [-0.15, -0.1) is 12.4 Å². The molecule has 0 saturated heterocycles. The molecule has 23 heavy (non-hydrogen) atoms. The predicted octanol–water partition coefficient (Wildman–Crippen LogP) is 2.69. The Morgan fingerprint density at radius 2 is 1.70 bits per heavy atom. The summed E-state index contributed by atoms with van der Waals surface area (Å²) in [6.45, 7) is 1.58. The van der Waals surface area contributed by atoms with Crippen LogP contribution in [0.25, 0.3) is 0 Å². The van der Waals surface area contributed by atoms with Crippen LogP contribution in [0.4, 0.5) is 0 Å². The van der Waals surface area contributed by atoms with Crippen LogP contribution >= 0.6 is 12.4 Å². The molecule has 0 unspecified atom stereocenters. The van der Waals surface area contributed by atoms with Gasteiger partial charge in [0.1, 0.15) is 12.4 Å². The van der Waals surface area contributed by atoms with Gasteiger partial charge in [0.25, 0.3) is 0 Å². The van der Waals surface area contributed by atoms with E-state index in [0.29, 0.717) is 26.1 Å². The van der Waals surface area contributed by atoms with Gasteiger partial charge in [0.2, 0.25) is 5.91 Å². The second-order valence-corrected chi connectivity index (χ2v) is 5.06. The Balaban J connectivity index is 0.00000264. The number of carbonyl (C=O) groups excluding carboxylic acids is 1. The van der Waals surface area contributed by atoms with E-state index < -0.39 is 0 Å². The van der Waals surface area contributed by atoms with E-state index in [4.69, 9.17) is 10.5 Å². The highest BCUT2D eigenvalue weighted by Crippen LogP contribution is 2.14. The molecule has 0 aliphatic carbocycles. The molecule has 5 heteroatoms. The molecule has 2 aromatic rings. The second-order valence-electron chi connectivity index (χ2n) is 5.06. The average molecular weight is 335 g/mol. The van der Waals surface area contributed by atoms with Crippen LogP contribution in [0, 0.1) is 0 Å². The summed E-state index contributed by atoms with van der Waals surface area (Å²) in [6.07, 6.45) is 1.18. The summed E-state index contributed by atoms with van der Waals surface area (Å²) in [5.41, 5.74) is 7.64. The maximum atomic E-state index is 11.3. The highest BCUT2D eigenvalue weighted by molar-refractivity contribution is 5.85. The van der Waals surface area contributed by atoms with Gasteiger partial charge >= 0.3 is 0 Å². The summed E-state index contributed by atoms with van der Waals surface area (Å²) >= 11 is 0. The van der Waals surface area contributed by atoms with Gasteiger partial charge in [-0.2, -0.15) is 0 Å². The molecule has 0 fully saturated rings. The Bertz CT molecular complexity index is 573. The molecule has 3 N–H and O–H groups in total. The Hall–Kier alpha value is -2.04. The first kappa shape index (κ1) is 19.0. The quantitative estimate of drug-likeness (QED) is 0.780. The number of hydrogen-bond acceptors (Lipinski definition) is 3. The van der Waals surface area contributed by atoms with Crippen molar-refractivity contribution in [2.24, 2.45) is 5.73 Å². The standard InChI is InChI=1S/C18H22N2O2.ClH/c19-12-10-18(21)20-13-11-15-6-8-17(9-7-15)22-14-16-4-2-1-3-5-16;/h1-9H,10-14,19H2,(H,20,21);1H. The zero-order chi connectivity index (χ0) is 15.6. The van der Waals surface area contributed by atoms with Crippen LogP contribution in [-0.4, -0.2) is 19.0 Å². The van der Waals surface area contributed by atoms with Gasteiger partial charge in [0.05, 0.1) is 0 Å². The molecule has 0 radical (unpaired) electrons. The van der Waals surface area contributed by atoms with Crippen molar-refractivity contribution in [3.05, 3.63) is 65.7 Å². The monoisotopic (exact) mass is 334 g/mol. The summed E-state index contributed by atoms with van der Waals surface area (Å²) in [7, 11) is 0. The predicted molar refractivity (Wildman–Crippen MR) is 94.8 cm³/mol. The summed E-state index contributed by atoms with van der Waals surface area (Å²) in [5.74, 6) is 0.852. The maximum absolute atomic E-state index is 11.3. The molecule has 0 saturated carbocycles. The van der Waals surface area contributed by atoms with Crippen LogP contribution in [-0.2, 0) is 17.8 Å². The zero-order valence-corrected chi connectivity index (χ0v) is 13.9. The van der Waals surface area contributed by atoms with Crippen LogP contribution < -0.4 is 15.8 Å². The molecule has 0 aliphatic heterocycles. The SMILES string of the molecule is Cl.NCCC(=O)NCCc1ccc(OCc2ccccc2)cc1. The van der Waals surface area contributed by atoms with Gasteiger partial charge in [-0.05, 0) is 29.7 Å². The van der Waals surface area contributed by atoms with Gasteiger partial charge in [0.15, 0.2) is 0 Å². The van der Waals surface area contributed by atoms with Crippen molar-refractivity contribution in [2.45, 2.75) is 19.4 Å². The highest BCUT2D eigenvalue weighted by atomic mass is 35.5. The van der Waals surface area contributed by atoms with Crippen LogP contribution in [0.3, 0.4) is 0 Å². The summed E-state index contributed by atoms with van der Waals surface area (Å²) in [6, 6.07) is 18.0. The molecule has 2 rings (SSSR count). The van der Waals surface area contributed by atoms with Crippen molar-refractivity contribution in [1.29, 1.82) is 0 Å². The van der Waals surface area contributed by atoms with Crippen LogP contribution in [0.5, 0.6) is 5.75 Å². The number of ether oxygens (including phenoxy) is 1. The molecule has 0 bridgehead atoms. The molecule has 0 heterocycles. The topological polar surface area (TPSA) is 64.4 Å². The van der Waals surface area contributed by atoms with Gasteiger partial charge in [-0.1, -0.05) is 42.5 Å². The van der Waals surface area contributed by atoms with E-state index in [1.54, 1.807) is 0 Å². The third-order valence-electron chi connectivity index (χ3n) is 3.28. The number of rotatable bonds is 8. The molecule has 0 atom stereocenters. The maximum Gasteiger partial charge on any atom is 0.221 e. The number of hydrogen-bond donors (Lipinski definition) is 2. The van der Waals surface area contributed by atoms with Crippen LogP contribution in [0.2, 0.25) is 0 Å². The first-order valence-electron chi connectivity index (χ1n) is 7.50. The zero-order valence-electron chi connectivity index (χ0n) is 13.0. The molecule has 2 aromatic carbocycles. The third kappa shape index (κ3) is 7.17. The molecule has 0 aromatic heterocycles. The van der Waals surface area contributed by atoms with E-state index >= 15 is 0 Å². The summed E-state index contributed by atoms with van der Waals surface area (Å²) in [4.78, 5) is 11.3. The number of benzene rings is 2. The first-order valence-corrected chi connectivity index (χ1v) is 7.50. The fourth-order valence-corrected chi connectivity index (χ4v) is 2.06. The Labute approximate surface area is 143 Å². The highest BCUT2D eigenvalue weighted by Gasteiger charge is 2.00. The second kappa shape index (κ2) is 10.6. The lowest BCUT2D eigenvalue weighted by molar-refractivity contribution is -0.120. The van der Waals surface area contributed by atoms with E-state index in [1.807, 2.05) is 54.6 Å². The van der Waals surface area contributed by atoms with E-state index in [2.05, 4.69) is 5.32 Å². The van der Waals surface area contributed by atoms with E-state index in [1.165, 1.54) is 5.56 Å². The van der Waals surface area contributed by atoms with E-state index in [9.17, 15) is 4.79 Å². The summed E-state index contributed by atoms with van der Waals surface area (Å²) < 4.78 is 5.74.